The van der Waals surface area contributed by atoms with Crippen molar-refractivity contribution in [3.05, 3.63) is 65.2 Å². The van der Waals surface area contributed by atoms with Gasteiger partial charge in [0.2, 0.25) is 0 Å². The average molecular weight is 354 g/mol. The maximum Gasteiger partial charge on any atom is 0.119 e. The number of benzene rings is 2. The van der Waals surface area contributed by atoms with Gasteiger partial charge < -0.3 is 9.84 Å². The molecule has 1 fully saturated rings. The molecule has 0 radical (unpaired) electrons. The molecule has 1 aliphatic heterocycles. The van der Waals surface area contributed by atoms with Crippen LogP contribution in [0.1, 0.15) is 23.1 Å². The highest BCUT2D eigenvalue weighted by Crippen LogP contribution is 2.21. The van der Waals surface area contributed by atoms with Crippen LogP contribution in [0.25, 0.3) is 0 Å². The molecule has 1 saturated heterocycles. The number of hydrogen-bond acceptors (Lipinski definition) is 4. The number of nitrogens with zero attached hydrogens (tertiary/aromatic N) is 2. The number of ether oxygens (including phenoxy) is 1. The zero-order valence-corrected chi connectivity index (χ0v) is 15.9. The second-order valence-electron chi connectivity index (χ2n) is 7.15. The van der Waals surface area contributed by atoms with Crippen molar-refractivity contribution < 1.29 is 9.84 Å². The molecular weight excluding hydrogens is 324 g/mol. The Bertz CT molecular complexity index is 704. The minimum Gasteiger partial charge on any atom is -0.497 e. The van der Waals surface area contributed by atoms with Gasteiger partial charge >= 0.3 is 0 Å². The van der Waals surface area contributed by atoms with Crippen molar-refractivity contribution in [3.63, 3.8) is 0 Å². The Morgan fingerprint density at radius 2 is 1.92 bits per heavy atom. The molecular formula is C22H30N2O2. The molecule has 140 valence electrons. The molecule has 0 spiro atoms. The zero-order valence-electron chi connectivity index (χ0n) is 15.9. The standard InChI is InChI=1S/C22H30N2O2/c1-18-6-3-4-8-20(18)16-23-11-12-24(21(17-23)10-13-25)15-19-7-5-9-22(14-19)26-2/h3-9,14,21,25H,10-13,15-17H2,1-2H3/t21-/m0/s1. The molecule has 0 aromatic heterocycles. The summed E-state index contributed by atoms with van der Waals surface area (Å²) in [6, 6.07) is 17.3. The van der Waals surface area contributed by atoms with Crippen molar-refractivity contribution in [2.45, 2.75) is 32.5 Å². The Morgan fingerprint density at radius 3 is 2.69 bits per heavy atom. The smallest absolute Gasteiger partial charge is 0.119 e. The first kappa shape index (κ1) is 18.9. The summed E-state index contributed by atoms with van der Waals surface area (Å²) >= 11 is 0. The lowest BCUT2D eigenvalue weighted by atomic mass is 10.0. The lowest BCUT2D eigenvalue weighted by molar-refractivity contribution is 0.0498. The largest absolute Gasteiger partial charge is 0.497 e. The van der Waals surface area contributed by atoms with Gasteiger partial charge in [-0.25, -0.2) is 0 Å². The van der Waals surface area contributed by atoms with Gasteiger partial charge in [0.05, 0.1) is 7.11 Å². The molecule has 1 aliphatic rings. The number of aryl methyl sites for hydroxylation is 1. The maximum absolute atomic E-state index is 9.54. The van der Waals surface area contributed by atoms with Crippen LogP contribution in [0.15, 0.2) is 48.5 Å². The van der Waals surface area contributed by atoms with E-state index in [1.54, 1.807) is 7.11 Å². The van der Waals surface area contributed by atoms with E-state index in [1.807, 2.05) is 12.1 Å². The number of piperazine rings is 1. The first-order valence-electron chi connectivity index (χ1n) is 9.44. The van der Waals surface area contributed by atoms with Crippen LogP contribution in [0.5, 0.6) is 5.75 Å². The van der Waals surface area contributed by atoms with Gasteiger partial charge in [0.1, 0.15) is 5.75 Å². The number of aliphatic hydroxyl groups is 1. The first-order chi connectivity index (χ1) is 12.7. The van der Waals surface area contributed by atoms with E-state index in [0.29, 0.717) is 6.04 Å². The Morgan fingerprint density at radius 1 is 1.08 bits per heavy atom. The molecule has 0 aliphatic carbocycles. The lowest BCUT2D eigenvalue weighted by Gasteiger charge is -2.41. The van der Waals surface area contributed by atoms with E-state index in [1.165, 1.54) is 16.7 Å². The molecule has 1 heterocycles. The number of methoxy groups -OCH3 is 1. The minimum absolute atomic E-state index is 0.234. The van der Waals surface area contributed by atoms with Crippen LogP contribution in [-0.4, -0.2) is 54.3 Å². The third-order valence-corrected chi connectivity index (χ3v) is 5.33. The maximum atomic E-state index is 9.54. The molecule has 0 saturated carbocycles. The summed E-state index contributed by atoms with van der Waals surface area (Å²) in [4.78, 5) is 5.02. The van der Waals surface area contributed by atoms with Crippen molar-refractivity contribution in [2.24, 2.45) is 0 Å². The van der Waals surface area contributed by atoms with Gasteiger partial charge in [0.25, 0.3) is 0 Å². The second kappa shape index (κ2) is 9.17. The van der Waals surface area contributed by atoms with Crippen LogP contribution in [0.4, 0.5) is 0 Å². The van der Waals surface area contributed by atoms with Gasteiger partial charge in [-0.2, -0.15) is 0 Å². The summed E-state index contributed by atoms with van der Waals surface area (Å²) < 4.78 is 5.35. The molecule has 26 heavy (non-hydrogen) atoms. The van der Waals surface area contributed by atoms with Crippen LogP contribution in [0.2, 0.25) is 0 Å². The molecule has 4 nitrogen and oxygen atoms in total. The highest BCUT2D eigenvalue weighted by atomic mass is 16.5. The molecule has 1 atom stereocenters. The first-order valence-corrected chi connectivity index (χ1v) is 9.44. The average Bonchev–Trinajstić information content (AvgIpc) is 2.66. The summed E-state index contributed by atoms with van der Waals surface area (Å²) in [7, 11) is 1.71. The molecule has 1 N–H and O–H groups in total. The predicted molar refractivity (Wildman–Crippen MR) is 105 cm³/mol. The molecule has 4 heteroatoms. The Hall–Kier alpha value is -1.88. The fourth-order valence-electron chi connectivity index (χ4n) is 3.77. The van der Waals surface area contributed by atoms with Crippen molar-refractivity contribution in [1.82, 2.24) is 9.80 Å². The van der Waals surface area contributed by atoms with E-state index in [9.17, 15) is 5.11 Å². The van der Waals surface area contributed by atoms with Crippen LogP contribution >= 0.6 is 0 Å². The highest BCUT2D eigenvalue weighted by Gasteiger charge is 2.26. The predicted octanol–water partition coefficient (Wildman–Crippen LogP) is 3.07. The summed E-state index contributed by atoms with van der Waals surface area (Å²) in [6.45, 7) is 7.38. The quantitative estimate of drug-likeness (QED) is 0.829. The molecule has 0 unspecified atom stereocenters. The third-order valence-electron chi connectivity index (χ3n) is 5.33. The molecule has 0 amide bonds. The van der Waals surface area contributed by atoms with E-state index in [4.69, 9.17) is 4.74 Å². The lowest BCUT2D eigenvalue weighted by Crippen LogP contribution is -2.52. The molecule has 2 aromatic carbocycles. The van der Waals surface area contributed by atoms with E-state index in [2.05, 4.69) is 53.1 Å². The van der Waals surface area contributed by atoms with Crippen molar-refractivity contribution >= 4 is 0 Å². The van der Waals surface area contributed by atoms with Gasteiger partial charge in [0, 0.05) is 45.4 Å². The van der Waals surface area contributed by atoms with Gasteiger partial charge in [-0.3, -0.25) is 9.80 Å². The van der Waals surface area contributed by atoms with E-state index in [-0.39, 0.29) is 6.61 Å². The Kier molecular flexibility index (Phi) is 6.67. The monoisotopic (exact) mass is 354 g/mol. The van der Waals surface area contributed by atoms with Crippen LogP contribution in [-0.2, 0) is 13.1 Å². The SMILES string of the molecule is COc1cccc(CN2CCN(Cc3ccccc3C)C[C@@H]2CCO)c1. The highest BCUT2D eigenvalue weighted by molar-refractivity contribution is 5.28. The number of hydrogen-bond donors (Lipinski definition) is 1. The van der Waals surface area contributed by atoms with Gasteiger partial charge in [-0.1, -0.05) is 36.4 Å². The Labute approximate surface area is 157 Å². The Balaban J connectivity index is 1.65. The van der Waals surface area contributed by atoms with Crippen molar-refractivity contribution in [2.75, 3.05) is 33.4 Å². The zero-order chi connectivity index (χ0) is 18.4. The van der Waals surface area contributed by atoms with Crippen LogP contribution in [0, 0.1) is 6.92 Å². The van der Waals surface area contributed by atoms with Crippen molar-refractivity contribution in [1.29, 1.82) is 0 Å². The number of aliphatic hydroxyl groups excluding tert-OH is 1. The number of rotatable bonds is 7. The topological polar surface area (TPSA) is 35.9 Å². The van der Waals surface area contributed by atoms with Gasteiger partial charge in [-0.15, -0.1) is 0 Å². The third kappa shape index (κ3) is 4.85. The van der Waals surface area contributed by atoms with E-state index in [0.717, 1.165) is 44.9 Å². The van der Waals surface area contributed by atoms with Gasteiger partial charge in [-0.05, 0) is 42.2 Å². The molecule has 0 bridgehead atoms. The summed E-state index contributed by atoms with van der Waals surface area (Å²) in [5.41, 5.74) is 4.01. The van der Waals surface area contributed by atoms with Gasteiger partial charge in [0.15, 0.2) is 0 Å². The fourth-order valence-corrected chi connectivity index (χ4v) is 3.77. The van der Waals surface area contributed by atoms with E-state index >= 15 is 0 Å². The molecule has 3 rings (SSSR count). The van der Waals surface area contributed by atoms with E-state index < -0.39 is 0 Å². The minimum atomic E-state index is 0.234. The van der Waals surface area contributed by atoms with Crippen molar-refractivity contribution in [3.8, 4) is 5.75 Å². The normalized spacial score (nSPS) is 18.8. The summed E-state index contributed by atoms with van der Waals surface area (Å²) in [5.74, 6) is 0.902. The van der Waals surface area contributed by atoms with Crippen LogP contribution < -0.4 is 4.74 Å². The summed E-state index contributed by atoms with van der Waals surface area (Å²) in [6.07, 6.45) is 0.814. The second-order valence-corrected chi connectivity index (χ2v) is 7.15. The summed E-state index contributed by atoms with van der Waals surface area (Å²) in [5, 5.41) is 9.54. The van der Waals surface area contributed by atoms with Crippen LogP contribution in [0.3, 0.4) is 0 Å². The molecule has 2 aromatic rings. The fraction of sp³-hybridized carbons (Fsp3) is 0.455.